The Morgan fingerprint density at radius 3 is 2.71 bits per heavy atom. The summed E-state index contributed by atoms with van der Waals surface area (Å²) in [6.07, 6.45) is 2.91. The summed E-state index contributed by atoms with van der Waals surface area (Å²) in [7, 11) is 4.08. The van der Waals surface area contributed by atoms with Crippen LogP contribution >= 0.6 is 0 Å². The number of rotatable bonds is 6. The number of nitrogens with one attached hydrogen (secondary N) is 1. The lowest BCUT2D eigenvalue weighted by molar-refractivity contribution is -0.151. The van der Waals surface area contributed by atoms with Crippen molar-refractivity contribution in [1.82, 2.24) is 10.2 Å². The van der Waals surface area contributed by atoms with E-state index in [1.54, 1.807) is 0 Å². The van der Waals surface area contributed by atoms with Crippen LogP contribution in [0.15, 0.2) is 0 Å². The van der Waals surface area contributed by atoms with Gasteiger partial charge in [0.1, 0.15) is 5.54 Å². The highest BCUT2D eigenvalue weighted by molar-refractivity contribution is 5.81. The highest BCUT2D eigenvalue weighted by Crippen LogP contribution is 2.35. The maximum atomic E-state index is 12.1. The number of carbonyl (C=O) groups excluding carboxylic acids is 1. The zero-order valence-electron chi connectivity index (χ0n) is 11.6. The second-order valence-electron chi connectivity index (χ2n) is 5.38. The van der Waals surface area contributed by atoms with E-state index in [9.17, 15) is 4.79 Å². The Labute approximate surface area is 105 Å². The smallest absolute Gasteiger partial charge is 0.326 e. The van der Waals surface area contributed by atoms with Gasteiger partial charge in [0.15, 0.2) is 0 Å². The van der Waals surface area contributed by atoms with Crippen LogP contribution in [0.3, 0.4) is 0 Å². The minimum Gasteiger partial charge on any atom is -0.465 e. The first-order chi connectivity index (χ1) is 8.00. The normalized spacial score (nSPS) is 28.6. The summed E-state index contributed by atoms with van der Waals surface area (Å²) in [4.78, 5) is 14.2. The third-order valence-electron chi connectivity index (χ3n) is 3.45. The van der Waals surface area contributed by atoms with Gasteiger partial charge in [0.05, 0.1) is 6.61 Å². The molecule has 100 valence electrons. The van der Waals surface area contributed by atoms with E-state index in [0.717, 1.165) is 32.4 Å². The molecule has 0 radical (unpaired) electrons. The summed E-state index contributed by atoms with van der Waals surface area (Å²) in [6, 6.07) is 0. The Hall–Kier alpha value is -0.610. The lowest BCUT2D eigenvalue weighted by Gasteiger charge is -2.29. The summed E-state index contributed by atoms with van der Waals surface area (Å²) < 4.78 is 5.22. The Bertz CT molecular complexity index is 256. The van der Waals surface area contributed by atoms with Gasteiger partial charge in [-0.15, -0.1) is 0 Å². The largest absolute Gasteiger partial charge is 0.465 e. The molecule has 4 heteroatoms. The Morgan fingerprint density at radius 1 is 1.53 bits per heavy atom. The van der Waals surface area contributed by atoms with Crippen LogP contribution in [0, 0.1) is 5.92 Å². The van der Waals surface area contributed by atoms with Crippen molar-refractivity contribution in [2.24, 2.45) is 5.92 Å². The summed E-state index contributed by atoms with van der Waals surface area (Å²) in [5, 5.41) is 3.43. The molecular formula is C13H26N2O2. The number of esters is 1. The van der Waals surface area contributed by atoms with E-state index in [-0.39, 0.29) is 5.97 Å². The van der Waals surface area contributed by atoms with Crippen molar-refractivity contribution in [3.63, 3.8) is 0 Å². The molecule has 1 N–H and O–H groups in total. The fourth-order valence-electron chi connectivity index (χ4n) is 2.50. The van der Waals surface area contributed by atoms with Gasteiger partial charge >= 0.3 is 5.97 Å². The van der Waals surface area contributed by atoms with Crippen molar-refractivity contribution in [2.45, 2.75) is 38.6 Å². The predicted octanol–water partition coefficient (Wildman–Crippen LogP) is 1.26. The second kappa shape index (κ2) is 6.36. The zero-order chi connectivity index (χ0) is 12.9. The predicted molar refractivity (Wildman–Crippen MR) is 68.9 cm³/mol. The minimum atomic E-state index is -0.425. The Morgan fingerprint density at radius 2 is 2.24 bits per heavy atom. The van der Waals surface area contributed by atoms with Gasteiger partial charge in [0.2, 0.25) is 0 Å². The van der Waals surface area contributed by atoms with Gasteiger partial charge in [0.25, 0.3) is 0 Å². The topological polar surface area (TPSA) is 41.6 Å². The van der Waals surface area contributed by atoms with Crippen molar-refractivity contribution >= 4 is 5.97 Å². The van der Waals surface area contributed by atoms with Crippen LogP contribution < -0.4 is 5.32 Å². The lowest BCUT2D eigenvalue weighted by atomic mass is 9.96. The average Bonchev–Trinajstić information content (AvgIpc) is 2.61. The molecule has 4 nitrogen and oxygen atoms in total. The first-order valence-corrected chi connectivity index (χ1v) is 6.57. The van der Waals surface area contributed by atoms with Crippen molar-refractivity contribution in [1.29, 1.82) is 0 Å². The van der Waals surface area contributed by atoms with Crippen molar-refractivity contribution in [3.8, 4) is 0 Å². The second-order valence-corrected chi connectivity index (χ2v) is 5.38. The summed E-state index contributed by atoms with van der Waals surface area (Å²) in [5.41, 5.74) is -0.425. The van der Waals surface area contributed by atoms with Crippen LogP contribution in [0.5, 0.6) is 0 Å². The zero-order valence-corrected chi connectivity index (χ0v) is 11.6. The molecule has 2 unspecified atom stereocenters. The van der Waals surface area contributed by atoms with E-state index < -0.39 is 5.54 Å². The molecule has 0 aromatic carbocycles. The third kappa shape index (κ3) is 3.96. The quantitative estimate of drug-likeness (QED) is 0.712. The molecule has 0 aromatic heterocycles. The van der Waals surface area contributed by atoms with Crippen LogP contribution in [0.25, 0.3) is 0 Å². The minimum absolute atomic E-state index is 0.0666. The highest BCUT2D eigenvalue weighted by atomic mass is 16.5. The molecule has 0 aliphatic heterocycles. The van der Waals surface area contributed by atoms with Gasteiger partial charge in [-0.1, -0.05) is 6.92 Å². The fraction of sp³-hybridized carbons (Fsp3) is 0.923. The number of ether oxygens (including phenoxy) is 1. The molecule has 0 amide bonds. The van der Waals surface area contributed by atoms with E-state index in [1.807, 2.05) is 21.0 Å². The molecule has 1 saturated carbocycles. The average molecular weight is 242 g/mol. The van der Waals surface area contributed by atoms with Gasteiger partial charge in [-0.25, -0.2) is 0 Å². The van der Waals surface area contributed by atoms with Crippen molar-refractivity contribution < 1.29 is 9.53 Å². The molecule has 1 aliphatic rings. The van der Waals surface area contributed by atoms with Gasteiger partial charge in [0, 0.05) is 13.1 Å². The first-order valence-electron chi connectivity index (χ1n) is 6.57. The Kier molecular flexibility index (Phi) is 5.40. The number of likely N-dealkylation sites (N-methyl/N-ethyl adjacent to an activating group) is 1. The molecule has 17 heavy (non-hydrogen) atoms. The fourth-order valence-corrected chi connectivity index (χ4v) is 2.50. The van der Waals surface area contributed by atoms with Crippen LogP contribution in [0.1, 0.15) is 33.1 Å². The summed E-state index contributed by atoms with van der Waals surface area (Å²) >= 11 is 0. The van der Waals surface area contributed by atoms with E-state index in [1.165, 1.54) is 0 Å². The molecule has 1 rings (SSSR count). The van der Waals surface area contributed by atoms with E-state index in [0.29, 0.717) is 12.5 Å². The van der Waals surface area contributed by atoms with Crippen LogP contribution in [0.2, 0.25) is 0 Å². The molecule has 0 saturated heterocycles. The van der Waals surface area contributed by atoms with Crippen LogP contribution in [-0.2, 0) is 9.53 Å². The third-order valence-corrected chi connectivity index (χ3v) is 3.45. The standard InChI is InChI=1S/C13H26N2O2/c1-5-17-12(16)13(7-6-11(2)10-13)14-8-9-15(3)4/h11,14H,5-10H2,1-4H3. The number of nitrogens with zero attached hydrogens (tertiary/aromatic N) is 1. The number of carbonyl (C=O) groups is 1. The lowest BCUT2D eigenvalue weighted by Crippen LogP contribution is -2.52. The highest BCUT2D eigenvalue weighted by Gasteiger charge is 2.44. The molecule has 0 heterocycles. The monoisotopic (exact) mass is 242 g/mol. The molecule has 0 bridgehead atoms. The van der Waals surface area contributed by atoms with Gasteiger partial charge in [-0.3, -0.25) is 4.79 Å². The number of hydrogen-bond acceptors (Lipinski definition) is 4. The van der Waals surface area contributed by atoms with Crippen molar-refractivity contribution in [2.75, 3.05) is 33.8 Å². The van der Waals surface area contributed by atoms with E-state index in [2.05, 4.69) is 17.1 Å². The molecule has 0 aromatic rings. The van der Waals surface area contributed by atoms with Crippen molar-refractivity contribution in [3.05, 3.63) is 0 Å². The molecule has 2 atom stereocenters. The van der Waals surface area contributed by atoms with Gasteiger partial charge < -0.3 is 15.0 Å². The number of hydrogen-bond donors (Lipinski definition) is 1. The Balaban J connectivity index is 2.57. The van der Waals surface area contributed by atoms with E-state index >= 15 is 0 Å². The van der Waals surface area contributed by atoms with Gasteiger partial charge in [-0.2, -0.15) is 0 Å². The van der Waals surface area contributed by atoms with E-state index in [4.69, 9.17) is 4.74 Å². The molecule has 0 spiro atoms. The molecular weight excluding hydrogens is 216 g/mol. The maximum Gasteiger partial charge on any atom is 0.326 e. The molecule has 1 fully saturated rings. The summed E-state index contributed by atoms with van der Waals surface area (Å²) in [6.45, 7) is 6.30. The molecule has 1 aliphatic carbocycles. The first kappa shape index (κ1) is 14.5. The van der Waals surface area contributed by atoms with Gasteiger partial charge in [-0.05, 0) is 46.2 Å². The summed E-state index contributed by atoms with van der Waals surface area (Å²) in [5.74, 6) is 0.536. The van der Waals surface area contributed by atoms with Crippen LogP contribution in [-0.4, -0.2) is 50.2 Å². The SMILES string of the molecule is CCOC(=O)C1(NCCN(C)C)CCC(C)C1. The maximum absolute atomic E-state index is 12.1. The van der Waals surface area contributed by atoms with Crippen LogP contribution in [0.4, 0.5) is 0 Å².